The van der Waals surface area contributed by atoms with E-state index >= 15 is 0 Å². The summed E-state index contributed by atoms with van der Waals surface area (Å²) in [6.07, 6.45) is 4.45. The fourth-order valence-corrected chi connectivity index (χ4v) is 3.26. The number of ether oxygens (including phenoxy) is 1. The van der Waals surface area contributed by atoms with Crippen LogP contribution in [0.15, 0.2) is 23.3 Å². The maximum Gasteiger partial charge on any atom is 0.212 e. The number of nitrogens with one attached hydrogen (secondary N) is 2. The molecule has 2 heterocycles. The number of aliphatic imine (C=N–C) groups is 1. The van der Waals surface area contributed by atoms with Crippen molar-refractivity contribution in [1.29, 1.82) is 0 Å². The van der Waals surface area contributed by atoms with Gasteiger partial charge in [-0.05, 0) is 24.2 Å². The number of methoxy groups -OCH3 is 1. The molecule has 1 aliphatic heterocycles. The van der Waals surface area contributed by atoms with Crippen molar-refractivity contribution in [2.45, 2.75) is 24.6 Å². The Morgan fingerprint density at radius 1 is 1.48 bits per heavy atom. The highest BCUT2D eigenvalue weighted by atomic mass is 127. The summed E-state index contributed by atoms with van der Waals surface area (Å²) in [4.78, 5) is 8.42. The molecule has 2 N–H and O–H groups in total. The number of thioether (sulfide) groups is 1. The lowest BCUT2D eigenvalue weighted by Gasteiger charge is -2.14. The van der Waals surface area contributed by atoms with E-state index in [1.807, 2.05) is 30.1 Å². The number of aromatic nitrogens is 1. The van der Waals surface area contributed by atoms with Crippen LogP contribution in [0.2, 0.25) is 0 Å². The molecule has 0 amide bonds. The first kappa shape index (κ1) is 18.3. The topological polar surface area (TPSA) is 58.5 Å². The van der Waals surface area contributed by atoms with Gasteiger partial charge in [0.2, 0.25) is 5.88 Å². The lowest BCUT2D eigenvalue weighted by Crippen LogP contribution is -2.39. The molecule has 0 radical (unpaired) electrons. The van der Waals surface area contributed by atoms with Gasteiger partial charge in [-0.1, -0.05) is 6.07 Å². The van der Waals surface area contributed by atoms with Crippen LogP contribution in [0.4, 0.5) is 0 Å². The highest BCUT2D eigenvalue weighted by molar-refractivity contribution is 14.0. The molecule has 1 atom stereocenters. The molecule has 1 aromatic rings. The van der Waals surface area contributed by atoms with Crippen molar-refractivity contribution in [2.24, 2.45) is 4.99 Å². The molecule has 21 heavy (non-hydrogen) atoms. The summed E-state index contributed by atoms with van der Waals surface area (Å²) in [5.74, 6) is 2.76. The monoisotopic (exact) mass is 422 g/mol. The van der Waals surface area contributed by atoms with Gasteiger partial charge in [0.15, 0.2) is 5.96 Å². The Hall–Kier alpha value is -0.700. The molecule has 5 nitrogen and oxygen atoms in total. The van der Waals surface area contributed by atoms with Crippen LogP contribution in [0.5, 0.6) is 5.88 Å². The lowest BCUT2D eigenvalue weighted by atomic mass is 10.2. The number of hydrogen-bond acceptors (Lipinski definition) is 4. The zero-order chi connectivity index (χ0) is 14.2. The molecular formula is C14H23IN4OS. The van der Waals surface area contributed by atoms with E-state index in [1.54, 1.807) is 14.2 Å². The quantitative estimate of drug-likeness (QED) is 0.433. The van der Waals surface area contributed by atoms with Gasteiger partial charge < -0.3 is 15.4 Å². The Labute approximate surface area is 147 Å². The van der Waals surface area contributed by atoms with Crippen LogP contribution in [0.3, 0.4) is 0 Å². The van der Waals surface area contributed by atoms with E-state index in [2.05, 4.69) is 20.6 Å². The second-order valence-electron chi connectivity index (χ2n) is 4.65. The van der Waals surface area contributed by atoms with Gasteiger partial charge in [0.25, 0.3) is 0 Å². The van der Waals surface area contributed by atoms with E-state index < -0.39 is 0 Å². The number of guanidine groups is 1. The zero-order valence-electron chi connectivity index (χ0n) is 12.5. The predicted octanol–water partition coefficient (Wildman–Crippen LogP) is 2.27. The number of hydrogen-bond donors (Lipinski definition) is 2. The Bertz CT molecular complexity index is 435. The van der Waals surface area contributed by atoms with Crippen molar-refractivity contribution in [1.82, 2.24) is 15.6 Å². The fourth-order valence-electron chi connectivity index (χ4n) is 2.06. The number of halogens is 1. The van der Waals surface area contributed by atoms with Crippen LogP contribution in [0, 0.1) is 0 Å². The number of rotatable bonds is 5. The first-order chi connectivity index (χ1) is 9.81. The third kappa shape index (κ3) is 6.29. The van der Waals surface area contributed by atoms with Gasteiger partial charge in [-0.3, -0.25) is 4.99 Å². The van der Waals surface area contributed by atoms with E-state index in [9.17, 15) is 0 Å². The molecule has 0 saturated carbocycles. The minimum Gasteiger partial charge on any atom is -0.481 e. The smallest absolute Gasteiger partial charge is 0.212 e. The largest absolute Gasteiger partial charge is 0.481 e. The van der Waals surface area contributed by atoms with Crippen molar-refractivity contribution in [3.8, 4) is 5.88 Å². The van der Waals surface area contributed by atoms with Crippen LogP contribution < -0.4 is 15.4 Å². The number of pyridine rings is 1. The summed E-state index contributed by atoms with van der Waals surface area (Å²) >= 11 is 2.04. The molecule has 1 aromatic heterocycles. The molecule has 0 aromatic carbocycles. The van der Waals surface area contributed by atoms with E-state index in [4.69, 9.17) is 4.74 Å². The van der Waals surface area contributed by atoms with Gasteiger partial charge in [-0.15, -0.1) is 24.0 Å². The molecule has 1 fully saturated rings. The Balaban J connectivity index is 0.00000220. The summed E-state index contributed by atoms with van der Waals surface area (Å²) in [5.41, 5.74) is 1.10. The Morgan fingerprint density at radius 2 is 2.33 bits per heavy atom. The molecule has 1 saturated heterocycles. The Kier molecular flexibility index (Phi) is 8.82. The van der Waals surface area contributed by atoms with Gasteiger partial charge in [-0.2, -0.15) is 11.8 Å². The highest BCUT2D eigenvalue weighted by Crippen LogP contribution is 2.25. The van der Waals surface area contributed by atoms with Crippen LogP contribution in [-0.4, -0.2) is 42.6 Å². The maximum atomic E-state index is 5.04. The SMILES string of the molecule is CN=C(NCc1ccc(OC)nc1)NCC1CCCS1.I. The summed E-state index contributed by atoms with van der Waals surface area (Å²) < 4.78 is 5.04. The lowest BCUT2D eigenvalue weighted by molar-refractivity contribution is 0.397. The van der Waals surface area contributed by atoms with Crippen molar-refractivity contribution < 1.29 is 4.74 Å². The normalized spacial score (nSPS) is 18.0. The summed E-state index contributed by atoms with van der Waals surface area (Å²) in [6, 6.07) is 3.86. The van der Waals surface area contributed by atoms with Gasteiger partial charge in [0.1, 0.15) is 0 Å². The van der Waals surface area contributed by atoms with Crippen LogP contribution >= 0.6 is 35.7 Å². The first-order valence-electron chi connectivity index (χ1n) is 6.87. The molecule has 7 heteroatoms. The highest BCUT2D eigenvalue weighted by Gasteiger charge is 2.15. The van der Waals surface area contributed by atoms with E-state index in [-0.39, 0.29) is 24.0 Å². The van der Waals surface area contributed by atoms with E-state index in [0.717, 1.165) is 23.3 Å². The van der Waals surface area contributed by atoms with E-state index in [0.29, 0.717) is 12.4 Å². The van der Waals surface area contributed by atoms with Gasteiger partial charge in [-0.25, -0.2) is 4.98 Å². The predicted molar refractivity (Wildman–Crippen MR) is 99.9 cm³/mol. The van der Waals surface area contributed by atoms with Crippen LogP contribution in [0.25, 0.3) is 0 Å². The first-order valence-corrected chi connectivity index (χ1v) is 7.91. The molecule has 2 rings (SSSR count). The summed E-state index contributed by atoms with van der Waals surface area (Å²) in [6.45, 7) is 1.68. The second kappa shape index (κ2) is 10.1. The standard InChI is InChI=1S/C14H22N4OS.HI/c1-15-14(18-10-12-4-3-7-20-12)17-9-11-5-6-13(19-2)16-8-11;/h5-6,8,12H,3-4,7,9-10H2,1-2H3,(H2,15,17,18);1H. The van der Waals surface area contributed by atoms with Crippen LogP contribution in [-0.2, 0) is 6.54 Å². The average molecular weight is 422 g/mol. The molecule has 0 aliphatic carbocycles. The molecule has 1 unspecified atom stereocenters. The molecule has 0 spiro atoms. The maximum absolute atomic E-state index is 5.04. The van der Waals surface area contributed by atoms with Gasteiger partial charge in [0, 0.05) is 37.7 Å². The molecule has 118 valence electrons. The minimum atomic E-state index is 0. The molecule has 1 aliphatic rings. The van der Waals surface area contributed by atoms with E-state index in [1.165, 1.54) is 18.6 Å². The van der Waals surface area contributed by atoms with Gasteiger partial charge in [0.05, 0.1) is 7.11 Å². The van der Waals surface area contributed by atoms with Crippen molar-refractivity contribution in [3.63, 3.8) is 0 Å². The minimum absolute atomic E-state index is 0. The van der Waals surface area contributed by atoms with Crippen molar-refractivity contribution in [3.05, 3.63) is 23.9 Å². The Morgan fingerprint density at radius 3 is 2.90 bits per heavy atom. The van der Waals surface area contributed by atoms with Crippen molar-refractivity contribution >= 4 is 41.7 Å². The fraction of sp³-hybridized carbons (Fsp3) is 0.571. The third-order valence-corrected chi connectivity index (χ3v) is 4.61. The van der Waals surface area contributed by atoms with Crippen molar-refractivity contribution in [2.75, 3.05) is 26.5 Å². The van der Waals surface area contributed by atoms with Gasteiger partial charge >= 0.3 is 0 Å². The third-order valence-electron chi connectivity index (χ3n) is 3.21. The van der Waals surface area contributed by atoms with Crippen LogP contribution in [0.1, 0.15) is 18.4 Å². The molecule has 0 bridgehead atoms. The summed E-state index contributed by atoms with van der Waals surface area (Å²) in [5, 5.41) is 7.39. The second-order valence-corrected chi connectivity index (χ2v) is 6.06. The average Bonchev–Trinajstić information content (AvgIpc) is 3.01. The zero-order valence-corrected chi connectivity index (χ0v) is 15.6. The number of nitrogens with zero attached hydrogens (tertiary/aromatic N) is 2. The summed E-state index contributed by atoms with van der Waals surface area (Å²) in [7, 11) is 3.41. The molecular weight excluding hydrogens is 399 g/mol.